The summed E-state index contributed by atoms with van der Waals surface area (Å²) in [4.78, 5) is 2.64. The Kier molecular flexibility index (Phi) is 5.87. The Morgan fingerprint density at radius 2 is 1.12 bits per heavy atom. The highest BCUT2D eigenvalue weighted by Gasteiger charge is 2.46. The molecule has 0 bridgehead atoms. The van der Waals surface area contributed by atoms with Crippen LogP contribution in [0.15, 0.2) is 84.9 Å². The molecule has 0 N–H and O–H groups in total. The molecular weight excluding hydrogens is 536 g/mol. The molecule has 0 spiro atoms. The topological polar surface area (TPSA) is 3.24 Å². The van der Waals surface area contributed by atoms with Crippen molar-refractivity contribution in [3.05, 3.63) is 124 Å². The van der Waals surface area contributed by atoms with Crippen molar-refractivity contribution in [3.63, 3.8) is 0 Å². The molecule has 0 amide bonds. The summed E-state index contributed by atoms with van der Waals surface area (Å²) in [6.07, 6.45) is 0. The first-order valence-corrected chi connectivity index (χ1v) is 16.2. The number of hydrogen-bond acceptors (Lipinski definition) is 2. The lowest BCUT2D eigenvalue weighted by Gasteiger charge is -2.43. The van der Waals surface area contributed by atoms with Crippen LogP contribution in [-0.2, 0) is 0 Å². The summed E-state index contributed by atoms with van der Waals surface area (Å²) in [7, 11) is 0. The zero-order chi connectivity index (χ0) is 29.7. The van der Waals surface area contributed by atoms with Gasteiger partial charge in [-0.25, -0.2) is 0 Å². The standard InChI is InChI=1S/C39H35B2NS/c1-22-15-16-33-30(19-22)40(35-25(4)11-10-12-26(35)5)31-20-24(3)21-32-38(31)42(33)39-37(29-13-8-9-14-34(29)43-39)41(32)36-27(6)17-23(2)18-28(36)7/h8-21H,1-7H3. The molecule has 6 aromatic rings. The summed E-state index contributed by atoms with van der Waals surface area (Å²) in [5.41, 5.74) is 20.8. The fourth-order valence-corrected chi connectivity index (χ4v) is 9.60. The van der Waals surface area contributed by atoms with Crippen LogP contribution in [0.5, 0.6) is 0 Å². The Balaban J connectivity index is 1.55. The predicted molar refractivity (Wildman–Crippen MR) is 192 cm³/mol. The predicted octanol–water partition coefficient (Wildman–Crippen LogP) is 6.19. The van der Waals surface area contributed by atoms with E-state index < -0.39 is 0 Å². The highest BCUT2D eigenvalue weighted by atomic mass is 32.1. The molecule has 3 heterocycles. The molecule has 0 saturated heterocycles. The molecule has 2 aliphatic heterocycles. The van der Waals surface area contributed by atoms with E-state index in [0.717, 1.165) is 0 Å². The first-order valence-electron chi connectivity index (χ1n) is 15.4. The average molecular weight is 571 g/mol. The van der Waals surface area contributed by atoms with E-state index in [0.29, 0.717) is 0 Å². The van der Waals surface area contributed by atoms with Crippen molar-refractivity contribution in [1.29, 1.82) is 0 Å². The van der Waals surface area contributed by atoms with Crippen molar-refractivity contribution in [2.75, 3.05) is 4.90 Å². The van der Waals surface area contributed by atoms with Gasteiger partial charge in [-0.3, -0.25) is 0 Å². The molecule has 8 rings (SSSR count). The smallest absolute Gasteiger partial charge is 0.249 e. The Hall–Kier alpha value is -4.01. The first-order chi connectivity index (χ1) is 20.7. The third-order valence-corrected chi connectivity index (χ3v) is 11.0. The molecule has 0 unspecified atom stereocenters. The van der Waals surface area contributed by atoms with Crippen LogP contribution < -0.4 is 37.7 Å². The van der Waals surface area contributed by atoms with E-state index in [1.54, 1.807) is 0 Å². The van der Waals surface area contributed by atoms with Crippen molar-refractivity contribution in [1.82, 2.24) is 0 Å². The van der Waals surface area contributed by atoms with Crippen molar-refractivity contribution >= 4 is 84.0 Å². The van der Waals surface area contributed by atoms with Gasteiger partial charge in [0.05, 0.1) is 5.00 Å². The molecule has 0 radical (unpaired) electrons. The summed E-state index contributed by atoms with van der Waals surface area (Å²) in [5.74, 6) is 0. The van der Waals surface area contributed by atoms with E-state index in [1.165, 1.54) is 98.2 Å². The zero-order valence-electron chi connectivity index (χ0n) is 26.1. The normalized spacial score (nSPS) is 13.3. The lowest BCUT2D eigenvalue weighted by atomic mass is 9.29. The van der Waals surface area contributed by atoms with Crippen LogP contribution in [0.3, 0.4) is 0 Å². The molecule has 1 aromatic heterocycles. The van der Waals surface area contributed by atoms with Crippen molar-refractivity contribution in [2.24, 2.45) is 0 Å². The number of anilines is 3. The lowest BCUT2D eigenvalue weighted by molar-refractivity contribution is 1.31. The summed E-state index contributed by atoms with van der Waals surface area (Å²) in [5, 5.41) is 2.75. The largest absolute Gasteiger partial charge is 0.304 e. The third kappa shape index (κ3) is 3.79. The highest BCUT2D eigenvalue weighted by Crippen LogP contribution is 2.44. The van der Waals surface area contributed by atoms with E-state index in [2.05, 4.69) is 138 Å². The van der Waals surface area contributed by atoms with Gasteiger partial charge in [0.15, 0.2) is 0 Å². The van der Waals surface area contributed by atoms with Gasteiger partial charge in [-0.05, 0) is 87.8 Å². The van der Waals surface area contributed by atoms with E-state index in [9.17, 15) is 0 Å². The van der Waals surface area contributed by atoms with E-state index in [-0.39, 0.29) is 13.4 Å². The van der Waals surface area contributed by atoms with Gasteiger partial charge >= 0.3 is 0 Å². The molecule has 4 heteroatoms. The van der Waals surface area contributed by atoms with Crippen LogP contribution in [0.2, 0.25) is 0 Å². The number of rotatable bonds is 2. The van der Waals surface area contributed by atoms with Gasteiger partial charge in [-0.2, -0.15) is 0 Å². The van der Waals surface area contributed by atoms with E-state index in [1.807, 2.05) is 11.3 Å². The number of benzene rings is 5. The van der Waals surface area contributed by atoms with Crippen LogP contribution in [-0.4, -0.2) is 13.4 Å². The fraction of sp³-hybridized carbons (Fsp3) is 0.179. The molecule has 1 nitrogen and oxygen atoms in total. The van der Waals surface area contributed by atoms with Crippen LogP contribution in [0.25, 0.3) is 10.1 Å². The average Bonchev–Trinajstić information content (AvgIpc) is 3.34. The minimum Gasteiger partial charge on any atom is -0.304 e. The monoisotopic (exact) mass is 571 g/mol. The van der Waals surface area contributed by atoms with Crippen molar-refractivity contribution in [3.8, 4) is 0 Å². The summed E-state index contributed by atoms with van der Waals surface area (Å²) in [6, 6.07) is 32.7. The highest BCUT2D eigenvalue weighted by molar-refractivity contribution is 7.26. The Bertz CT molecular complexity index is 2100. The number of nitrogens with zero attached hydrogens (tertiary/aromatic N) is 1. The van der Waals surface area contributed by atoms with Crippen molar-refractivity contribution in [2.45, 2.75) is 48.5 Å². The molecule has 5 aromatic carbocycles. The first kappa shape index (κ1) is 26.6. The quantitative estimate of drug-likeness (QED) is 0.224. The SMILES string of the molecule is Cc1cc(C)c(B2c3cc(C)cc4c3N(c3ccc(C)cc3B4c3c(C)cccc3C)c3sc4ccccc4c32)c(C)c1. The number of hydrogen-bond donors (Lipinski definition) is 0. The van der Waals surface area contributed by atoms with E-state index >= 15 is 0 Å². The maximum atomic E-state index is 2.64. The lowest BCUT2D eigenvalue weighted by Crippen LogP contribution is -2.65. The second-order valence-corrected chi connectivity index (χ2v) is 14.0. The Labute approximate surface area is 260 Å². The summed E-state index contributed by atoms with van der Waals surface area (Å²) < 4.78 is 1.36. The number of aryl methyl sites for hydroxylation is 7. The van der Waals surface area contributed by atoms with Gasteiger partial charge in [0.2, 0.25) is 13.4 Å². The second-order valence-electron chi connectivity index (χ2n) is 13.0. The molecule has 0 fully saturated rings. The third-order valence-electron chi connectivity index (χ3n) is 9.86. The molecule has 208 valence electrons. The maximum Gasteiger partial charge on any atom is 0.249 e. The summed E-state index contributed by atoms with van der Waals surface area (Å²) >= 11 is 1.95. The van der Waals surface area contributed by atoms with Crippen LogP contribution in [0, 0.1) is 48.5 Å². The second kappa shape index (κ2) is 9.49. The summed E-state index contributed by atoms with van der Waals surface area (Å²) in [6.45, 7) is 16.3. The van der Waals surface area contributed by atoms with Crippen LogP contribution >= 0.6 is 11.3 Å². The van der Waals surface area contributed by atoms with Gasteiger partial charge in [0.1, 0.15) is 0 Å². The minimum atomic E-state index is 0.169. The van der Waals surface area contributed by atoms with Gasteiger partial charge in [0.25, 0.3) is 0 Å². The molecule has 43 heavy (non-hydrogen) atoms. The Morgan fingerprint density at radius 1 is 0.512 bits per heavy atom. The molecule has 2 aliphatic rings. The Morgan fingerprint density at radius 3 is 1.84 bits per heavy atom. The zero-order valence-corrected chi connectivity index (χ0v) is 26.9. The fourth-order valence-electron chi connectivity index (χ4n) is 8.33. The molecular formula is C39H35B2NS. The van der Waals surface area contributed by atoms with Gasteiger partial charge in [-0.15, -0.1) is 11.3 Å². The maximum absolute atomic E-state index is 2.64. The van der Waals surface area contributed by atoms with Gasteiger partial charge in [0, 0.05) is 16.1 Å². The van der Waals surface area contributed by atoms with Gasteiger partial charge in [-0.1, -0.05) is 123 Å². The van der Waals surface area contributed by atoms with E-state index in [4.69, 9.17) is 0 Å². The molecule has 0 aliphatic carbocycles. The van der Waals surface area contributed by atoms with Crippen LogP contribution in [0.1, 0.15) is 38.9 Å². The van der Waals surface area contributed by atoms with Gasteiger partial charge < -0.3 is 4.90 Å². The van der Waals surface area contributed by atoms with Crippen LogP contribution in [0.4, 0.5) is 16.4 Å². The minimum absolute atomic E-state index is 0.169. The number of thiophene rings is 1. The van der Waals surface area contributed by atoms with Crippen molar-refractivity contribution < 1.29 is 0 Å². The molecule has 0 atom stereocenters. The number of fused-ring (bicyclic) bond motifs is 6. The molecule has 0 saturated carbocycles.